The van der Waals surface area contributed by atoms with Gasteiger partial charge in [-0.15, -0.1) is 0 Å². The summed E-state index contributed by atoms with van der Waals surface area (Å²) in [7, 11) is -4.04. The summed E-state index contributed by atoms with van der Waals surface area (Å²) >= 11 is 6.33. The van der Waals surface area contributed by atoms with E-state index in [2.05, 4.69) is 9.62 Å². The summed E-state index contributed by atoms with van der Waals surface area (Å²) in [4.78, 5) is 15.9. The smallest absolute Gasteiger partial charge is 0.264 e. The Balaban J connectivity index is 1.36. The predicted molar refractivity (Wildman–Crippen MR) is 176 cm³/mol. The summed E-state index contributed by atoms with van der Waals surface area (Å²) in [5, 5.41) is 11.1. The van der Waals surface area contributed by atoms with Crippen molar-refractivity contribution < 1.29 is 27.8 Å². The van der Waals surface area contributed by atoms with Gasteiger partial charge in [0, 0.05) is 30.3 Å². The van der Waals surface area contributed by atoms with Gasteiger partial charge in [-0.1, -0.05) is 36.7 Å². The molecule has 1 saturated heterocycles. The standard InChI is InChI=1S/C35H45ClN2O6S/c1-23-6-4-9-32(39)30-14-11-26(30)21-38-16-3-2-7-24-18-28(36)13-10-27(24)22-44-33-15-12-25(19-31(33)38)35(40)37-45(41,42)34(23)20-29-8-5-17-43-29/h4,9-10,12-13,15,18-19,23,26,29-30,32,34,39H,2-3,5-8,11,14,16-17,20-22H2,1H3,(H,37,40)/b9-4+/t23-,26+,29-,30-,32+,34+/m1/s1. The fourth-order valence-corrected chi connectivity index (χ4v) is 9.29. The second-order valence-corrected chi connectivity index (χ2v) is 15.6. The average Bonchev–Trinajstić information content (AvgIpc) is 3.50. The second kappa shape index (κ2) is 14.0. The molecule has 1 saturated carbocycles. The largest absolute Gasteiger partial charge is 0.487 e. The van der Waals surface area contributed by atoms with Gasteiger partial charge in [0.05, 0.1) is 23.1 Å². The fourth-order valence-electron chi connectivity index (χ4n) is 7.38. The molecular weight excluding hydrogens is 612 g/mol. The summed E-state index contributed by atoms with van der Waals surface area (Å²) in [6.45, 7) is 4.33. The highest BCUT2D eigenvalue weighted by Crippen LogP contribution is 2.41. The molecule has 0 unspecified atom stereocenters. The number of aliphatic hydroxyl groups is 1. The zero-order chi connectivity index (χ0) is 31.6. The topological polar surface area (TPSA) is 105 Å². The van der Waals surface area contributed by atoms with Crippen molar-refractivity contribution >= 4 is 33.2 Å². The molecule has 3 heterocycles. The minimum Gasteiger partial charge on any atom is -0.487 e. The van der Waals surface area contributed by atoms with Crippen molar-refractivity contribution in [1.82, 2.24) is 4.72 Å². The number of aliphatic hydroxyl groups excluding tert-OH is 1. The molecule has 6 rings (SSSR count). The summed E-state index contributed by atoms with van der Waals surface area (Å²) in [6.07, 6.45) is 10.3. The first-order chi connectivity index (χ1) is 21.7. The Morgan fingerprint density at radius 2 is 1.93 bits per heavy atom. The summed E-state index contributed by atoms with van der Waals surface area (Å²) in [6, 6.07) is 11.1. The number of sulfonamides is 1. The second-order valence-electron chi connectivity index (χ2n) is 13.3. The van der Waals surface area contributed by atoms with Crippen LogP contribution < -0.4 is 14.4 Å². The number of carbonyl (C=O) groups is 1. The molecule has 2 aromatic carbocycles. The number of allylic oxidation sites excluding steroid dienone is 1. The van der Waals surface area contributed by atoms with Crippen LogP contribution >= 0.6 is 11.6 Å². The Bertz CT molecular complexity index is 1510. The fraction of sp³-hybridized carbons (Fsp3) is 0.571. The maximum Gasteiger partial charge on any atom is 0.264 e. The monoisotopic (exact) mass is 656 g/mol. The highest BCUT2D eigenvalue weighted by Gasteiger charge is 2.38. The number of amides is 1. The first kappa shape index (κ1) is 32.4. The predicted octanol–water partition coefficient (Wildman–Crippen LogP) is 6.04. The van der Waals surface area contributed by atoms with Crippen LogP contribution in [0.3, 0.4) is 0 Å². The Morgan fingerprint density at radius 1 is 1.07 bits per heavy atom. The number of benzene rings is 2. The SMILES string of the molecule is C[C@@H]1C/C=C/[C@H](O)[C@@H]2CC[C@H]2CN2CCCCc3cc(Cl)ccc3COc3ccc(cc32)C(=O)NS(=O)(=O)[C@H]1C[C@H]1CCCO1. The van der Waals surface area contributed by atoms with E-state index in [-0.39, 0.29) is 29.4 Å². The zero-order valence-electron chi connectivity index (χ0n) is 26.0. The molecule has 2 fully saturated rings. The number of hydrogen-bond donors (Lipinski definition) is 2. The molecule has 8 nitrogen and oxygen atoms in total. The summed E-state index contributed by atoms with van der Waals surface area (Å²) in [5.41, 5.74) is 3.28. The maximum absolute atomic E-state index is 13.8. The molecule has 3 aliphatic heterocycles. The van der Waals surface area contributed by atoms with Crippen LogP contribution in [0.25, 0.3) is 0 Å². The van der Waals surface area contributed by atoms with E-state index < -0.39 is 27.3 Å². The maximum atomic E-state index is 13.8. The lowest BCUT2D eigenvalue weighted by atomic mass is 9.70. The molecule has 0 radical (unpaired) electrons. The van der Waals surface area contributed by atoms with Crippen LogP contribution in [-0.2, 0) is 27.8 Å². The summed E-state index contributed by atoms with van der Waals surface area (Å²) in [5.74, 6) is 0.128. The van der Waals surface area contributed by atoms with Crippen LogP contribution in [-0.4, -0.2) is 56.6 Å². The minimum absolute atomic E-state index is 0.122. The molecule has 244 valence electrons. The lowest BCUT2D eigenvalue weighted by Crippen LogP contribution is -2.44. The van der Waals surface area contributed by atoms with Crippen molar-refractivity contribution in [2.75, 3.05) is 24.6 Å². The number of ether oxygens (including phenoxy) is 2. The van der Waals surface area contributed by atoms with Crippen molar-refractivity contribution in [3.05, 3.63) is 70.3 Å². The summed E-state index contributed by atoms with van der Waals surface area (Å²) < 4.78 is 42.3. The lowest BCUT2D eigenvalue weighted by Gasteiger charge is -2.42. The van der Waals surface area contributed by atoms with Crippen LogP contribution in [0, 0.1) is 17.8 Å². The van der Waals surface area contributed by atoms with Crippen LogP contribution in [0.15, 0.2) is 48.6 Å². The van der Waals surface area contributed by atoms with Gasteiger partial charge in [-0.2, -0.15) is 0 Å². The first-order valence-electron chi connectivity index (χ1n) is 16.5. The molecule has 1 aliphatic carbocycles. The van der Waals surface area contributed by atoms with E-state index >= 15 is 0 Å². The van der Waals surface area contributed by atoms with Crippen molar-refractivity contribution in [2.24, 2.45) is 17.8 Å². The average molecular weight is 657 g/mol. The van der Waals surface area contributed by atoms with Crippen LogP contribution in [0.1, 0.15) is 79.8 Å². The van der Waals surface area contributed by atoms with Crippen LogP contribution in [0.5, 0.6) is 5.75 Å². The van der Waals surface area contributed by atoms with Crippen molar-refractivity contribution in [1.29, 1.82) is 0 Å². The van der Waals surface area contributed by atoms with Crippen LogP contribution in [0.4, 0.5) is 5.69 Å². The van der Waals surface area contributed by atoms with Gasteiger partial charge >= 0.3 is 0 Å². The van der Waals surface area contributed by atoms with Crippen molar-refractivity contribution in [3.63, 3.8) is 0 Å². The Hall–Kier alpha value is -2.59. The highest BCUT2D eigenvalue weighted by molar-refractivity contribution is 7.90. The van der Waals surface area contributed by atoms with E-state index in [4.69, 9.17) is 21.1 Å². The van der Waals surface area contributed by atoms with E-state index in [0.717, 1.165) is 62.7 Å². The molecule has 0 aromatic heterocycles. The van der Waals surface area contributed by atoms with E-state index in [0.29, 0.717) is 43.4 Å². The number of anilines is 1. The normalized spacial score (nSPS) is 31.3. The van der Waals surface area contributed by atoms with E-state index in [1.807, 2.05) is 37.3 Å². The number of halogens is 1. The number of aryl methyl sites for hydroxylation is 1. The number of hydrogen-bond acceptors (Lipinski definition) is 7. The number of rotatable bonds is 2. The quantitative estimate of drug-likeness (QED) is 0.380. The lowest BCUT2D eigenvalue weighted by molar-refractivity contribution is 0.0460. The number of nitrogens with zero attached hydrogens (tertiary/aromatic N) is 1. The third kappa shape index (κ3) is 7.53. The van der Waals surface area contributed by atoms with Crippen LogP contribution in [0.2, 0.25) is 5.02 Å². The molecule has 2 bridgehead atoms. The highest BCUT2D eigenvalue weighted by atomic mass is 35.5. The minimum atomic E-state index is -4.04. The van der Waals surface area contributed by atoms with E-state index in [9.17, 15) is 18.3 Å². The van der Waals surface area contributed by atoms with Gasteiger partial charge in [-0.25, -0.2) is 13.1 Å². The van der Waals surface area contributed by atoms with Crippen molar-refractivity contribution in [3.8, 4) is 5.75 Å². The molecule has 45 heavy (non-hydrogen) atoms. The first-order valence-corrected chi connectivity index (χ1v) is 18.4. The number of nitrogens with one attached hydrogen (secondary N) is 1. The van der Waals surface area contributed by atoms with Gasteiger partial charge in [0.1, 0.15) is 12.4 Å². The van der Waals surface area contributed by atoms with Crippen molar-refractivity contribution in [2.45, 2.75) is 88.8 Å². The molecular formula is C35H45ClN2O6S. The van der Waals surface area contributed by atoms with E-state index in [1.54, 1.807) is 18.2 Å². The van der Waals surface area contributed by atoms with E-state index in [1.165, 1.54) is 5.56 Å². The molecule has 0 spiro atoms. The molecule has 1 amide bonds. The van der Waals surface area contributed by atoms with Gasteiger partial charge in [-0.05, 0) is 117 Å². The molecule has 10 heteroatoms. The molecule has 2 aromatic rings. The Kier molecular flexibility index (Phi) is 10.1. The Morgan fingerprint density at radius 3 is 2.71 bits per heavy atom. The molecule has 4 aliphatic rings. The van der Waals surface area contributed by atoms with Gasteiger partial charge in [-0.3, -0.25) is 4.79 Å². The zero-order valence-corrected chi connectivity index (χ0v) is 27.6. The number of fused-ring (bicyclic) bond motifs is 3. The molecule has 6 atom stereocenters. The van der Waals surface area contributed by atoms with Gasteiger partial charge in [0.25, 0.3) is 5.91 Å². The van der Waals surface area contributed by atoms with Gasteiger partial charge < -0.3 is 19.5 Å². The van der Waals surface area contributed by atoms with Gasteiger partial charge in [0.15, 0.2) is 0 Å². The third-order valence-electron chi connectivity index (χ3n) is 10.2. The number of carbonyl (C=O) groups excluding carboxylic acids is 1. The van der Waals surface area contributed by atoms with Gasteiger partial charge in [0.2, 0.25) is 10.0 Å². The molecule has 2 N–H and O–H groups in total. The Labute approximate surface area is 272 Å². The third-order valence-corrected chi connectivity index (χ3v) is 12.4.